The highest BCUT2D eigenvalue weighted by Crippen LogP contribution is 2.29. The fourth-order valence-electron chi connectivity index (χ4n) is 2.00. The standard InChI is InChI=1S/C11H16ClNO5S3/c1-2-20(14,15)10-8-19-6-5-13(10)21(16,17)11-4-3-9(7-12)18-11/h3-4,10H,2,5-8H2,1H3. The molecule has 0 N–H and O–H groups in total. The van der Waals surface area contributed by atoms with E-state index in [0.717, 1.165) is 4.31 Å². The van der Waals surface area contributed by atoms with Crippen LogP contribution in [0.1, 0.15) is 12.7 Å². The number of furan rings is 1. The van der Waals surface area contributed by atoms with E-state index in [2.05, 4.69) is 0 Å². The van der Waals surface area contributed by atoms with Gasteiger partial charge in [-0.2, -0.15) is 16.1 Å². The first-order valence-electron chi connectivity index (χ1n) is 6.28. The summed E-state index contributed by atoms with van der Waals surface area (Å²) in [5.41, 5.74) is 0. The molecule has 1 aromatic heterocycles. The molecule has 0 aromatic carbocycles. The smallest absolute Gasteiger partial charge is 0.277 e. The molecule has 2 rings (SSSR count). The number of alkyl halides is 1. The van der Waals surface area contributed by atoms with Crippen molar-refractivity contribution in [3.8, 4) is 0 Å². The zero-order valence-corrected chi connectivity index (χ0v) is 14.6. The molecule has 120 valence electrons. The third kappa shape index (κ3) is 3.42. The van der Waals surface area contributed by atoms with E-state index in [9.17, 15) is 16.8 Å². The zero-order chi connectivity index (χ0) is 15.7. The van der Waals surface area contributed by atoms with Crippen molar-refractivity contribution in [2.24, 2.45) is 0 Å². The Hall–Kier alpha value is -0.220. The van der Waals surface area contributed by atoms with E-state index in [-0.39, 0.29) is 29.0 Å². The summed E-state index contributed by atoms with van der Waals surface area (Å²) in [7, 11) is -7.48. The van der Waals surface area contributed by atoms with Crippen LogP contribution in [0.5, 0.6) is 0 Å². The molecule has 0 bridgehead atoms. The van der Waals surface area contributed by atoms with E-state index in [1.807, 2.05) is 0 Å². The van der Waals surface area contributed by atoms with E-state index in [1.54, 1.807) is 0 Å². The zero-order valence-electron chi connectivity index (χ0n) is 11.4. The van der Waals surface area contributed by atoms with Crippen LogP contribution in [0.25, 0.3) is 0 Å². The average molecular weight is 374 g/mol. The molecule has 0 radical (unpaired) electrons. The number of rotatable bonds is 5. The van der Waals surface area contributed by atoms with Gasteiger partial charge in [0.15, 0.2) is 9.84 Å². The second-order valence-electron chi connectivity index (χ2n) is 4.45. The van der Waals surface area contributed by atoms with Gasteiger partial charge in [0.2, 0.25) is 5.09 Å². The Morgan fingerprint density at radius 3 is 2.67 bits per heavy atom. The largest absolute Gasteiger partial charge is 0.447 e. The Bertz CT molecular complexity index is 697. The molecular formula is C11H16ClNO5S3. The van der Waals surface area contributed by atoms with Crippen LogP contribution >= 0.6 is 23.4 Å². The Kier molecular flexibility index (Phi) is 5.30. The first-order chi connectivity index (χ1) is 9.82. The number of hydrogen-bond acceptors (Lipinski definition) is 6. The quantitative estimate of drug-likeness (QED) is 0.727. The molecule has 1 saturated heterocycles. The first-order valence-corrected chi connectivity index (χ1v) is 11.1. The molecule has 1 aliphatic heterocycles. The third-order valence-corrected chi connectivity index (χ3v) is 8.65. The maximum atomic E-state index is 12.6. The monoisotopic (exact) mass is 373 g/mol. The Labute approximate surface area is 133 Å². The predicted molar refractivity (Wildman–Crippen MR) is 82.7 cm³/mol. The van der Waals surface area contributed by atoms with Gasteiger partial charge in [-0.3, -0.25) is 0 Å². The second-order valence-corrected chi connectivity index (χ2v) is 10.1. The predicted octanol–water partition coefficient (Wildman–Crippen LogP) is 1.52. The maximum absolute atomic E-state index is 12.6. The van der Waals surface area contributed by atoms with Gasteiger partial charge in [0.25, 0.3) is 10.0 Å². The molecule has 1 unspecified atom stereocenters. The van der Waals surface area contributed by atoms with Crippen molar-refractivity contribution in [1.82, 2.24) is 4.31 Å². The number of hydrogen-bond donors (Lipinski definition) is 0. The Balaban J connectivity index is 2.40. The van der Waals surface area contributed by atoms with Gasteiger partial charge in [-0.1, -0.05) is 6.92 Å². The number of thioether (sulfide) groups is 1. The maximum Gasteiger partial charge on any atom is 0.277 e. The fraction of sp³-hybridized carbons (Fsp3) is 0.636. The van der Waals surface area contributed by atoms with Crippen LogP contribution in [0, 0.1) is 0 Å². The Morgan fingerprint density at radius 1 is 1.38 bits per heavy atom. The molecule has 0 saturated carbocycles. The molecule has 1 aliphatic rings. The summed E-state index contributed by atoms with van der Waals surface area (Å²) in [5.74, 6) is 1.07. The lowest BCUT2D eigenvalue weighted by atomic mass is 10.5. The molecule has 1 fully saturated rings. The van der Waals surface area contributed by atoms with Crippen LogP contribution in [0.15, 0.2) is 21.6 Å². The van der Waals surface area contributed by atoms with Crippen molar-refractivity contribution < 1.29 is 21.3 Å². The highest BCUT2D eigenvalue weighted by atomic mass is 35.5. The molecular weight excluding hydrogens is 358 g/mol. The Morgan fingerprint density at radius 2 is 2.10 bits per heavy atom. The third-order valence-electron chi connectivity index (χ3n) is 3.19. The van der Waals surface area contributed by atoms with E-state index >= 15 is 0 Å². The fourth-order valence-corrected chi connectivity index (χ4v) is 7.33. The van der Waals surface area contributed by atoms with Gasteiger partial charge in [-0.15, -0.1) is 11.6 Å². The molecule has 6 nitrogen and oxygen atoms in total. The minimum absolute atomic E-state index is 0.0576. The van der Waals surface area contributed by atoms with Gasteiger partial charge in [0.05, 0.1) is 5.88 Å². The lowest BCUT2D eigenvalue weighted by molar-refractivity contribution is 0.367. The van der Waals surface area contributed by atoms with Gasteiger partial charge in [0.1, 0.15) is 11.1 Å². The van der Waals surface area contributed by atoms with Gasteiger partial charge in [-0.05, 0) is 12.1 Å². The SMILES string of the molecule is CCS(=O)(=O)C1CSCCN1S(=O)(=O)c1ccc(CCl)o1. The van der Waals surface area contributed by atoms with Crippen LogP contribution < -0.4 is 0 Å². The molecule has 0 aliphatic carbocycles. The summed E-state index contributed by atoms with van der Waals surface area (Å²) < 4.78 is 55.7. The molecule has 1 atom stereocenters. The van der Waals surface area contributed by atoms with E-state index < -0.39 is 25.2 Å². The van der Waals surface area contributed by atoms with E-state index in [1.165, 1.54) is 30.8 Å². The number of sulfonamides is 1. The molecule has 21 heavy (non-hydrogen) atoms. The van der Waals surface area contributed by atoms with Crippen molar-refractivity contribution in [3.05, 3.63) is 17.9 Å². The van der Waals surface area contributed by atoms with Crippen molar-refractivity contribution in [2.75, 3.05) is 23.8 Å². The summed E-state index contributed by atoms with van der Waals surface area (Å²) >= 11 is 7.03. The van der Waals surface area contributed by atoms with E-state index in [4.69, 9.17) is 16.0 Å². The minimum Gasteiger partial charge on any atom is -0.447 e. The van der Waals surface area contributed by atoms with Crippen LogP contribution in [0.2, 0.25) is 0 Å². The number of sulfone groups is 1. The van der Waals surface area contributed by atoms with Crippen molar-refractivity contribution in [2.45, 2.75) is 23.3 Å². The molecule has 0 spiro atoms. The second kappa shape index (κ2) is 6.49. The van der Waals surface area contributed by atoms with Gasteiger partial charge >= 0.3 is 0 Å². The molecule has 0 amide bonds. The molecule has 2 heterocycles. The highest BCUT2D eigenvalue weighted by Gasteiger charge is 2.41. The summed E-state index contributed by atoms with van der Waals surface area (Å²) in [6, 6.07) is 2.78. The van der Waals surface area contributed by atoms with Crippen LogP contribution in [-0.4, -0.2) is 50.3 Å². The summed E-state index contributed by atoms with van der Waals surface area (Å²) in [4.78, 5) is 0. The molecule has 10 heteroatoms. The summed E-state index contributed by atoms with van der Waals surface area (Å²) in [5, 5.41) is -1.31. The lowest BCUT2D eigenvalue weighted by Crippen LogP contribution is -2.50. The van der Waals surface area contributed by atoms with Gasteiger partial charge < -0.3 is 4.42 Å². The van der Waals surface area contributed by atoms with Gasteiger partial charge in [0, 0.05) is 23.8 Å². The van der Waals surface area contributed by atoms with Crippen LogP contribution in [0.3, 0.4) is 0 Å². The first kappa shape index (κ1) is 17.1. The highest BCUT2D eigenvalue weighted by molar-refractivity contribution is 8.01. The van der Waals surface area contributed by atoms with Crippen molar-refractivity contribution in [1.29, 1.82) is 0 Å². The van der Waals surface area contributed by atoms with Gasteiger partial charge in [-0.25, -0.2) is 16.8 Å². The summed E-state index contributed by atoms with van der Waals surface area (Å²) in [6.07, 6.45) is 0. The average Bonchev–Trinajstić information content (AvgIpc) is 2.97. The van der Waals surface area contributed by atoms with Crippen LogP contribution in [-0.2, 0) is 25.7 Å². The van der Waals surface area contributed by atoms with E-state index in [0.29, 0.717) is 11.5 Å². The molecule has 1 aromatic rings. The summed E-state index contributed by atoms with van der Waals surface area (Å²) in [6.45, 7) is 1.66. The van der Waals surface area contributed by atoms with Crippen LogP contribution in [0.4, 0.5) is 0 Å². The number of halogens is 1. The number of nitrogens with zero attached hydrogens (tertiary/aromatic N) is 1. The lowest BCUT2D eigenvalue weighted by Gasteiger charge is -2.32. The normalized spacial score (nSPS) is 21.5. The van der Waals surface area contributed by atoms with Crippen molar-refractivity contribution in [3.63, 3.8) is 0 Å². The van der Waals surface area contributed by atoms with Crippen molar-refractivity contribution >= 4 is 43.2 Å². The topological polar surface area (TPSA) is 84.7 Å². The minimum atomic E-state index is -3.98.